The molecule has 0 aliphatic heterocycles. The summed E-state index contributed by atoms with van der Waals surface area (Å²) in [6.07, 6.45) is 4.01. The molecule has 4 nitrogen and oxygen atoms in total. The number of ether oxygens (including phenoxy) is 2. The van der Waals surface area contributed by atoms with E-state index in [1.54, 1.807) is 14.2 Å². The second-order valence-corrected chi connectivity index (χ2v) is 6.15. The van der Waals surface area contributed by atoms with Gasteiger partial charge in [-0.25, -0.2) is 0 Å². The van der Waals surface area contributed by atoms with Crippen LogP contribution in [0.15, 0.2) is 23.1 Å². The number of nitrogens with zero attached hydrogens (tertiary/aromatic N) is 1. The van der Waals surface area contributed by atoms with Crippen LogP contribution in [-0.2, 0) is 6.54 Å². The number of unbranched alkanes of at least 4 members (excludes halogenated alkanes) is 1. The van der Waals surface area contributed by atoms with Crippen LogP contribution >= 0.6 is 0 Å². The zero-order chi connectivity index (χ0) is 17.9. The van der Waals surface area contributed by atoms with E-state index < -0.39 is 0 Å². The lowest BCUT2D eigenvalue weighted by molar-refractivity contribution is 0.389. The van der Waals surface area contributed by atoms with Crippen LogP contribution in [0.25, 0.3) is 11.1 Å². The molecule has 4 heteroatoms. The molecule has 0 amide bonds. The third kappa shape index (κ3) is 3.32. The molecular formula is C20H27NO3. The molecule has 0 bridgehead atoms. The van der Waals surface area contributed by atoms with Crippen LogP contribution in [0.4, 0.5) is 0 Å². The van der Waals surface area contributed by atoms with Gasteiger partial charge in [0.05, 0.1) is 14.2 Å². The Bertz CT molecular complexity index is 765. The molecule has 0 radical (unpaired) electrons. The van der Waals surface area contributed by atoms with Gasteiger partial charge in [0.15, 0.2) is 0 Å². The van der Waals surface area contributed by atoms with Crippen LogP contribution in [0.5, 0.6) is 11.5 Å². The maximum absolute atomic E-state index is 12.5. The number of pyridine rings is 1. The first-order valence-corrected chi connectivity index (χ1v) is 8.38. The molecule has 0 aliphatic rings. The van der Waals surface area contributed by atoms with E-state index in [2.05, 4.69) is 6.92 Å². The van der Waals surface area contributed by atoms with Gasteiger partial charge in [0.2, 0.25) is 0 Å². The lowest BCUT2D eigenvalue weighted by Crippen LogP contribution is -2.23. The Morgan fingerprint density at radius 3 is 2.04 bits per heavy atom. The van der Waals surface area contributed by atoms with E-state index in [-0.39, 0.29) is 5.56 Å². The summed E-state index contributed by atoms with van der Waals surface area (Å²) in [7, 11) is 3.32. The SMILES string of the molecule is CCCCn1cc(-c2cc(OC)c(C)c(OC)c2)c(C)c(C)c1=O. The Morgan fingerprint density at radius 2 is 1.54 bits per heavy atom. The normalized spacial score (nSPS) is 10.8. The molecule has 0 spiro atoms. The first kappa shape index (κ1) is 18.1. The van der Waals surface area contributed by atoms with Crippen molar-refractivity contribution in [2.75, 3.05) is 14.2 Å². The molecule has 0 aliphatic carbocycles. The lowest BCUT2D eigenvalue weighted by Gasteiger charge is -2.17. The predicted octanol–water partition coefficient (Wildman–Crippen LogP) is 4.26. The first-order chi connectivity index (χ1) is 11.4. The van der Waals surface area contributed by atoms with Crippen LogP contribution in [0.1, 0.15) is 36.5 Å². The first-order valence-electron chi connectivity index (χ1n) is 8.38. The predicted molar refractivity (Wildman–Crippen MR) is 98.4 cm³/mol. The molecule has 1 heterocycles. The summed E-state index contributed by atoms with van der Waals surface area (Å²) in [6.45, 7) is 8.73. The maximum Gasteiger partial charge on any atom is 0.253 e. The van der Waals surface area contributed by atoms with Gasteiger partial charge in [-0.1, -0.05) is 13.3 Å². The molecule has 2 aromatic rings. The Morgan fingerprint density at radius 1 is 0.958 bits per heavy atom. The molecule has 24 heavy (non-hydrogen) atoms. The molecular weight excluding hydrogens is 302 g/mol. The van der Waals surface area contributed by atoms with Crippen LogP contribution in [0.2, 0.25) is 0 Å². The Labute approximate surface area is 144 Å². The Balaban J connectivity index is 2.68. The molecule has 130 valence electrons. The minimum absolute atomic E-state index is 0.0933. The fourth-order valence-electron chi connectivity index (χ4n) is 2.92. The van der Waals surface area contributed by atoms with Crippen molar-refractivity contribution in [3.8, 4) is 22.6 Å². The highest BCUT2D eigenvalue weighted by Crippen LogP contribution is 2.35. The maximum atomic E-state index is 12.5. The van der Waals surface area contributed by atoms with Crippen LogP contribution in [0, 0.1) is 20.8 Å². The quantitative estimate of drug-likeness (QED) is 0.795. The van der Waals surface area contributed by atoms with Gasteiger partial charge in [-0.3, -0.25) is 4.79 Å². The van der Waals surface area contributed by atoms with Gasteiger partial charge in [-0.2, -0.15) is 0 Å². The number of hydrogen-bond acceptors (Lipinski definition) is 3. The van der Waals surface area contributed by atoms with Crippen LogP contribution < -0.4 is 15.0 Å². The van der Waals surface area contributed by atoms with Crippen molar-refractivity contribution >= 4 is 0 Å². The number of methoxy groups -OCH3 is 2. The van der Waals surface area contributed by atoms with Crippen LogP contribution in [0.3, 0.4) is 0 Å². The van der Waals surface area contributed by atoms with Crippen molar-refractivity contribution in [2.45, 2.75) is 47.1 Å². The third-order valence-corrected chi connectivity index (χ3v) is 4.65. The smallest absolute Gasteiger partial charge is 0.253 e. The van der Waals surface area contributed by atoms with E-state index in [0.717, 1.165) is 58.7 Å². The van der Waals surface area contributed by atoms with Gasteiger partial charge in [-0.05, 0) is 50.5 Å². The Kier molecular flexibility index (Phi) is 5.71. The minimum Gasteiger partial charge on any atom is -0.496 e. The van der Waals surface area contributed by atoms with Gasteiger partial charge in [0, 0.05) is 29.4 Å². The molecule has 0 N–H and O–H groups in total. The number of aromatic nitrogens is 1. The van der Waals surface area contributed by atoms with E-state index in [9.17, 15) is 4.79 Å². The summed E-state index contributed by atoms with van der Waals surface area (Å²) >= 11 is 0. The summed E-state index contributed by atoms with van der Waals surface area (Å²) in [5.41, 5.74) is 4.90. The summed E-state index contributed by atoms with van der Waals surface area (Å²) < 4.78 is 12.8. The lowest BCUT2D eigenvalue weighted by atomic mass is 9.97. The van der Waals surface area contributed by atoms with Gasteiger partial charge in [0.25, 0.3) is 5.56 Å². The van der Waals surface area contributed by atoms with Crippen molar-refractivity contribution < 1.29 is 9.47 Å². The van der Waals surface area contributed by atoms with Crippen molar-refractivity contribution in [3.63, 3.8) is 0 Å². The molecule has 1 aromatic heterocycles. The highest BCUT2D eigenvalue weighted by Gasteiger charge is 2.15. The van der Waals surface area contributed by atoms with Crippen molar-refractivity contribution in [1.82, 2.24) is 4.57 Å². The number of benzene rings is 1. The summed E-state index contributed by atoms with van der Waals surface area (Å²) in [5, 5.41) is 0. The number of rotatable bonds is 6. The summed E-state index contributed by atoms with van der Waals surface area (Å²) in [4.78, 5) is 12.5. The molecule has 2 rings (SSSR count). The standard InChI is InChI=1S/C20H27NO3/c1-7-8-9-21-12-17(13(2)14(3)20(21)22)16-10-18(23-5)15(4)19(11-16)24-6/h10-12H,7-9H2,1-6H3. The van der Waals surface area contributed by atoms with E-state index in [1.165, 1.54) is 0 Å². The summed E-state index contributed by atoms with van der Waals surface area (Å²) in [6, 6.07) is 4.02. The fourth-order valence-corrected chi connectivity index (χ4v) is 2.92. The number of hydrogen-bond donors (Lipinski definition) is 0. The highest BCUT2D eigenvalue weighted by molar-refractivity contribution is 5.72. The Hall–Kier alpha value is -2.23. The average molecular weight is 329 g/mol. The number of aryl methyl sites for hydroxylation is 1. The second kappa shape index (κ2) is 7.56. The monoisotopic (exact) mass is 329 g/mol. The van der Waals surface area contributed by atoms with E-state index >= 15 is 0 Å². The average Bonchev–Trinajstić information content (AvgIpc) is 2.59. The zero-order valence-corrected chi connectivity index (χ0v) is 15.5. The summed E-state index contributed by atoms with van der Waals surface area (Å²) in [5.74, 6) is 1.57. The zero-order valence-electron chi connectivity index (χ0n) is 15.5. The molecule has 0 saturated carbocycles. The third-order valence-electron chi connectivity index (χ3n) is 4.65. The highest BCUT2D eigenvalue weighted by atomic mass is 16.5. The van der Waals surface area contributed by atoms with Gasteiger partial charge >= 0.3 is 0 Å². The van der Waals surface area contributed by atoms with Crippen molar-refractivity contribution in [3.05, 3.63) is 45.4 Å². The topological polar surface area (TPSA) is 40.5 Å². The van der Waals surface area contributed by atoms with Crippen molar-refractivity contribution in [1.29, 1.82) is 0 Å². The molecule has 1 aromatic carbocycles. The minimum atomic E-state index is 0.0933. The van der Waals surface area contributed by atoms with Gasteiger partial charge < -0.3 is 14.0 Å². The van der Waals surface area contributed by atoms with Gasteiger partial charge in [-0.15, -0.1) is 0 Å². The molecule has 0 unspecified atom stereocenters. The van der Waals surface area contributed by atoms with E-state index in [1.807, 2.05) is 43.7 Å². The molecule has 0 fully saturated rings. The fraction of sp³-hybridized carbons (Fsp3) is 0.450. The van der Waals surface area contributed by atoms with Crippen LogP contribution in [-0.4, -0.2) is 18.8 Å². The molecule has 0 saturated heterocycles. The molecule has 0 atom stereocenters. The van der Waals surface area contributed by atoms with E-state index in [4.69, 9.17) is 9.47 Å². The second-order valence-electron chi connectivity index (χ2n) is 6.15. The largest absolute Gasteiger partial charge is 0.496 e. The van der Waals surface area contributed by atoms with Gasteiger partial charge in [0.1, 0.15) is 11.5 Å². The van der Waals surface area contributed by atoms with Crippen molar-refractivity contribution in [2.24, 2.45) is 0 Å². The van der Waals surface area contributed by atoms with E-state index in [0.29, 0.717) is 0 Å².